The zero-order valence-corrected chi connectivity index (χ0v) is 11.3. The molecule has 0 aromatic carbocycles. The Morgan fingerprint density at radius 1 is 1.40 bits per heavy atom. The van der Waals surface area contributed by atoms with Crippen molar-refractivity contribution in [2.24, 2.45) is 11.0 Å². The van der Waals surface area contributed by atoms with Gasteiger partial charge in [-0.25, -0.2) is 15.0 Å². The molecule has 0 aromatic rings. The van der Waals surface area contributed by atoms with E-state index in [2.05, 4.69) is 26.5 Å². The molecule has 5 amide bonds. The number of rotatable bonds is 5. The van der Waals surface area contributed by atoms with Gasteiger partial charge in [0.25, 0.3) is 5.91 Å². The highest BCUT2D eigenvalue weighted by Gasteiger charge is 2.45. The summed E-state index contributed by atoms with van der Waals surface area (Å²) in [6, 6.07) is -0.783. The Labute approximate surface area is 116 Å². The number of nitrogens with zero attached hydrogens (tertiary/aromatic N) is 2. The number of urea groups is 2. The number of hydrogen-bond acceptors (Lipinski definition) is 4. The second kappa shape index (κ2) is 5.76. The van der Waals surface area contributed by atoms with E-state index in [1.807, 2.05) is 13.8 Å². The number of amides is 5. The van der Waals surface area contributed by atoms with Crippen molar-refractivity contribution in [3.05, 3.63) is 0 Å². The number of nitrogens with one attached hydrogen (secondary N) is 4. The van der Waals surface area contributed by atoms with Crippen LogP contribution in [0.25, 0.3) is 0 Å². The van der Waals surface area contributed by atoms with Gasteiger partial charge in [0, 0.05) is 6.21 Å². The molecule has 2 atom stereocenters. The smallest absolute Gasteiger partial charge is 0.314 e. The largest absolute Gasteiger partial charge is 0.321 e. The van der Waals surface area contributed by atoms with Gasteiger partial charge in [0.05, 0.1) is 0 Å². The van der Waals surface area contributed by atoms with Crippen LogP contribution in [0, 0.1) is 5.92 Å². The first kappa shape index (κ1) is 14.1. The van der Waals surface area contributed by atoms with Gasteiger partial charge in [0.1, 0.15) is 18.9 Å². The molecule has 2 aliphatic heterocycles. The topological polar surface area (TPSA) is 115 Å². The molecule has 20 heavy (non-hydrogen) atoms. The van der Waals surface area contributed by atoms with Crippen molar-refractivity contribution in [1.29, 1.82) is 0 Å². The fourth-order valence-electron chi connectivity index (χ4n) is 1.94. The van der Waals surface area contributed by atoms with Gasteiger partial charge in [-0.15, -0.1) is 0 Å². The molecule has 0 radical (unpaired) electrons. The van der Waals surface area contributed by atoms with Crippen molar-refractivity contribution in [2.45, 2.75) is 32.6 Å². The second-order valence-electron chi connectivity index (χ2n) is 5.09. The molecule has 2 rings (SSSR count). The van der Waals surface area contributed by atoms with Crippen molar-refractivity contribution in [2.75, 3.05) is 6.54 Å². The summed E-state index contributed by atoms with van der Waals surface area (Å²) in [4.78, 5) is 35.7. The first-order chi connectivity index (χ1) is 9.47. The standard InChI is InChI=1S/C11H18N6O3/c1-6(2)3-4-12-16-7(18)5-17-9-8(14-11(17)20)13-10(19)15-9/h4,6,8-9H,3,5H2,1-2H3,(H,14,20)(H,16,18)(H2,13,15,19). The minimum atomic E-state index is -0.555. The molecule has 110 valence electrons. The Hall–Kier alpha value is -2.32. The molecule has 4 N–H and O–H groups in total. The minimum absolute atomic E-state index is 0.173. The Balaban J connectivity index is 1.83. The van der Waals surface area contributed by atoms with E-state index in [1.165, 1.54) is 4.90 Å². The molecular weight excluding hydrogens is 264 g/mol. The molecule has 0 saturated carbocycles. The van der Waals surface area contributed by atoms with Gasteiger partial charge in [-0.1, -0.05) is 13.8 Å². The van der Waals surface area contributed by atoms with E-state index in [0.717, 1.165) is 6.42 Å². The first-order valence-electron chi connectivity index (χ1n) is 6.42. The number of fused-ring (bicyclic) bond motifs is 1. The van der Waals surface area contributed by atoms with Crippen molar-refractivity contribution in [1.82, 2.24) is 26.3 Å². The monoisotopic (exact) mass is 282 g/mol. The molecule has 2 unspecified atom stereocenters. The van der Waals surface area contributed by atoms with Crippen molar-refractivity contribution >= 4 is 24.2 Å². The summed E-state index contributed by atoms with van der Waals surface area (Å²) in [7, 11) is 0. The molecule has 2 aliphatic rings. The van der Waals surface area contributed by atoms with E-state index < -0.39 is 24.3 Å². The lowest BCUT2D eigenvalue weighted by Crippen LogP contribution is -2.47. The van der Waals surface area contributed by atoms with E-state index in [1.54, 1.807) is 6.21 Å². The van der Waals surface area contributed by atoms with Crippen LogP contribution >= 0.6 is 0 Å². The average Bonchev–Trinajstić information content (AvgIpc) is 2.83. The molecule has 0 spiro atoms. The Morgan fingerprint density at radius 2 is 2.15 bits per heavy atom. The van der Waals surface area contributed by atoms with E-state index in [9.17, 15) is 14.4 Å². The van der Waals surface area contributed by atoms with Crippen LogP contribution in [-0.2, 0) is 4.79 Å². The summed E-state index contributed by atoms with van der Waals surface area (Å²) in [6.07, 6.45) is 1.32. The van der Waals surface area contributed by atoms with E-state index >= 15 is 0 Å². The molecule has 9 heteroatoms. The van der Waals surface area contributed by atoms with Crippen LogP contribution in [-0.4, -0.2) is 48.0 Å². The van der Waals surface area contributed by atoms with Crippen molar-refractivity contribution < 1.29 is 14.4 Å². The second-order valence-corrected chi connectivity index (χ2v) is 5.09. The Bertz CT molecular complexity index is 449. The molecular formula is C11H18N6O3. The summed E-state index contributed by atoms with van der Waals surface area (Å²) >= 11 is 0. The number of carbonyl (C=O) groups is 3. The quantitative estimate of drug-likeness (QED) is 0.388. The normalized spacial score (nSPS) is 24.6. The molecule has 2 fully saturated rings. The van der Waals surface area contributed by atoms with Gasteiger partial charge in [-0.05, 0) is 12.3 Å². The minimum Gasteiger partial charge on any atom is -0.314 e. The predicted molar refractivity (Wildman–Crippen MR) is 70.6 cm³/mol. The van der Waals surface area contributed by atoms with Crippen LogP contribution in [0.5, 0.6) is 0 Å². The van der Waals surface area contributed by atoms with Gasteiger partial charge in [-0.3, -0.25) is 9.69 Å². The van der Waals surface area contributed by atoms with E-state index in [0.29, 0.717) is 5.92 Å². The van der Waals surface area contributed by atoms with Crippen LogP contribution < -0.4 is 21.4 Å². The van der Waals surface area contributed by atoms with Gasteiger partial charge >= 0.3 is 12.1 Å². The fourth-order valence-corrected chi connectivity index (χ4v) is 1.94. The van der Waals surface area contributed by atoms with Gasteiger partial charge in [0.2, 0.25) is 0 Å². The summed E-state index contributed by atoms with van der Waals surface area (Å²) in [5.41, 5.74) is 2.35. The van der Waals surface area contributed by atoms with Gasteiger partial charge in [-0.2, -0.15) is 5.10 Å². The highest BCUT2D eigenvalue weighted by Crippen LogP contribution is 2.13. The fraction of sp³-hybridized carbons (Fsp3) is 0.636. The molecule has 9 nitrogen and oxygen atoms in total. The lowest BCUT2D eigenvalue weighted by atomic mass is 10.2. The maximum atomic E-state index is 11.7. The summed E-state index contributed by atoms with van der Waals surface area (Å²) in [6.45, 7) is 3.91. The Kier molecular flexibility index (Phi) is 4.06. The predicted octanol–water partition coefficient (Wildman–Crippen LogP) is -0.875. The summed E-state index contributed by atoms with van der Waals surface area (Å²) in [5.74, 6) is 0.0440. The highest BCUT2D eigenvalue weighted by molar-refractivity contribution is 5.88. The van der Waals surface area contributed by atoms with E-state index in [-0.39, 0.29) is 12.6 Å². The third-order valence-electron chi connectivity index (χ3n) is 2.93. The van der Waals surface area contributed by atoms with E-state index in [4.69, 9.17) is 0 Å². The molecule has 0 aliphatic carbocycles. The zero-order chi connectivity index (χ0) is 14.7. The molecule has 0 bridgehead atoms. The summed E-state index contributed by atoms with van der Waals surface area (Å²) < 4.78 is 0. The molecule has 2 heterocycles. The summed E-state index contributed by atoms with van der Waals surface area (Å²) in [5, 5.41) is 11.4. The van der Waals surface area contributed by atoms with Crippen molar-refractivity contribution in [3.63, 3.8) is 0 Å². The number of hydrogen-bond donors (Lipinski definition) is 4. The molecule has 2 saturated heterocycles. The average molecular weight is 282 g/mol. The maximum Gasteiger partial charge on any atom is 0.321 e. The van der Waals surface area contributed by atoms with Crippen LogP contribution in [0.15, 0.2) is 5.10 Å². The van der Waals surface area contributed by atoms with Crippen LogP contribution in [0.2, 0.25) is 0 Å². The maximum absolute atomic E-state index is 11.7. The SMILES string of the molecule is CC(C)CC=NNC(=O)CN1C(=O)NC2NC(=O)NC21. The first-order valence-corrected chi connectivity index (χ1v) is 6.42. The number of carbonyl (C=O) groups excluding carboxylic acids is 3. The number of hydrazone groups is 1. The van der Waals surface area contributed by atoms with Crippen LogP contribution in [0.1, 0.15) is 20.3 Å². The zero-order valence-electron chi connectivity index (χ0n) is 11.3. The molecule has 0 aromatic heterocycles. The lowest BCUT2D eigenvalue weighted by molar-refractivity contribution is -0.121. The lowest BCUT2D eigenvalue weighted by Gasteiger charge is -2.19. The Morgan fingerprint density at radius 3 is 2.85 bits per heavy atom. The third-order valence-corrected chi connectivity index (χ3v) is 2.93. The van der Waals surface area contributed by atoms with Crippen molar-refractivity contribution in [3.8, 4) is 0 Å². The highest BCUT2D eigenvalue weighted by atomic mass is 16.2. The van der Waals surface area contributed by atoms with Gasteiger partial charge < -0.3 is 16.0 Å². The van der Waals surface area contributed by atoms with Crippen LogP contribution in [0.4, 0.5) is 9.59 Å². The third kappa shape index (κ3) is 3.16. The van der Waals surface area contributed by atoms with Gasteiger partial charge in [0.15, 0.2) is 0 Å². The van der Waals surface area contributed by atoms with Crippen LogP contribution in [0.3, 0.4) is 0 Å².